The second-order valence-corrected chi connectivity index (χ2v) is 9.49. The van der Waals surface area contributed by atoms with E-state index in [2.05, 4.69) is 9.44 Å². The van der Waals surface area contributed by atoms with Crippen LogP contribution < -0.4 is 18.9 Å². The van der Waals surface area contributed by atoms with E-state index in [9.17, 15) is 16.8 Å². The Bertz CT molecular complexity index is 1040. The van der Waals surface area contributed by atoms with Crippen LogP contribution in [0.5, 0.6) is 11.5 Å². The predicted octanol–water partition coefficient (Wildman–Crippen LogP) is 1.82. The molecule has 0 amide bonds. The predicted molar refractivity (Wildman–Crippen MR) is 108 cm³/mol. The molecule has 0 saturated heterocycles. The Morgan fingerprint density at radius 2 is 1.55 bits per heavy atom. The number of ether oxygens (including phenoxy) is 3. The van der Waals surface area contributed by atoms with Gasteiger partial charge in [-0.05, 0) is 43.3 Å². The maximum Gasteiger partial charge on any atom is 0.265 e. The number of benzene rings is 2. The van der Waals surface area contributed by atoms with Crippen molar-refractivity contribution in [2.24, 2.45) is 0 Å². The molecule has 0 radical (unpaired) electrons. The van der Waals surface area contributed by atoms with E-state index in [1.165, 1.54) is 57.7 Å². The molecule has 0 bridgehead atoms. The largest absolute Gasteiger partial charge is 0.497 e. The number of anilines is 1. The third-order valence-electron chi connectivity index (χ3n) is 3.85. The van der Waals surface area contributed by atoms with Crippen LogP contribution >= 0.6 is 0 Å². The van der Waals surface area contributed by atoms with Gasteiger partial charge in [0.15, 0.2) is 0 Å². The van der Waals surface area contributed by atoms with E-state index in [0.717, 1.165) is 0 Å². The monoisotopic (exact) mass is 444 g/mol. The van der Waals surface area contributed by atoms with E-state index in [-0.39, 0.29) is 27.8 Å². The molecule has 2 N–H and O–H groups in total. The number of hydrogen-bond donors (Lipinski definition) is 2. The van der Waals surface area contributed by atoms with E-state index < -0.39 is 26.1 Å². The van der Waals surface area contributed by atoms with Crippen LogP contribution in [0, 0.1) is 0 Å². The van der Waals surface area contributed by atoms with Crippen LogP contribution in [-0.4, -0.2) is 50.8 Å². The smallest absolute Gasteiger partial charge is 0.265 e. The van der Waals surface area contributed by atoms with Crippen LogP contribution in [0.15, 0.2) is 52.3 Å². The minimum absolute atomic E-state index is 0.00219. The third-order valence-corrected chi connectivity index (χ3v) is 6.86. The van der Waals surface area contributed by atoms with Crippen molar-refractivity contribution in [3.63, 3.8) is 0 Å². The van der Waals surface area contributed by atoms with Crippen molar-refractivity contribution in [1.29, 1.82) is 0 Å². The minimum Gasteiger partial charge on any atom is -0.497 e. The van der Waals surface area contributed by atoms with E-state index in [0.29, 0.717) is 5.75 Å². The summed E-state index contributed by atoms with van der Waals surface area (Å²) in [5.74, 6) is 0.498. The van der Waals surface area contributed by atoms with Gasteiger partial charge in [-0.3, -0.25) is 4.72 Å². The fourth-order valence-electron chi connectivity index (χ4n) is 2.52. The molecule has 2 aromatic rings. The zero-order valence-corrected chi connectivity index (χ0v) is 18.1. The summed E-state index contributed by atoms with van der Waals surface area (Å²) in [5, 5.41) is 0. The number of sulfonamides is 2. The van der Waals surface area contributed by atoms with E-state index >= 15 is 0 Å². The molecule has 0 spiro atoms. The summed E-state index contributed by atoms with van der Waals surface area (Å²) < 4.78 is 70.2. The fraction of sp³-hybridized carbons (Fsp3) is 0.333. The lowest BCUT2D eigenvalue weighted by molar-refractivity contribution is 0.180. The molecule has 0 fully saturated rings. The Morgan fingerprint density at radius 1 is 0.897 bits per heavy atom. The lowest BCUT2D eigenvalue weighted by Crippen LogP contribution is -2.35. The molecular formula is C18H24N2O7S2. The van der Waals surface area contributed by atoms with Gasteiger partial charge in [0.2, 0.25) is 10.0 Å². The molecule has 2 rings (SSSR count). The molecule has 11 heteroatoms. The summed E-state index contributed by atoms with van der Waals surface area (Å²) in [6, 6.07) is 9.32. The molecule has 0 aromatic heterocycles. The van der Waals surface area contributed by atoms with Gasteiger partial charge in [-0.1, -0.05) is 0 Å². The normalized spacial score (nSPS) is 13.0. The van der Waals surface area contributed by atoms with Crippen LogP contribution in [0.4, 0.5) is 5.69 Å². The van der Waals surface area contributed by atoms with E-state index in [4.69, 9.17) is 14.2 Å². The lowest BCUT2D eigenvalue weighted by Gasteiger charge is -2.14. The van der Waals surface area contributed by atoms with Crippen molar-refractivity contribution in [2.75, 3.05) is 32.7 Å². The van der Waals surface area contributed by atoms with Crippen molar-refractivity contribution in [1.82, 2.24) is 4.72 Å². The highest BCUT2D eigenvalue weighted by Gasteiger charge is 2.22. The van der Waals surface area contributed by atoms with Gasteiger partial charge in [0.05, 0.1) is 25.7 Å². The Balaban J connectivity index is 2.25. The maximum absolute atomic E-state index is 12.8. The first-order valence-corrected chi connectivity index (χ1v) is 11.5. The molecule has 160 valence electrons. The fourth-order valence-corrected chi connectivity index (χ4v) is 5.00. The number of hydrogen-bond acceptors (Lipinski definition) is 7. The molecular weight excluding hydrogens is 420 g/mol. The molecule has 0 saturated carbocycles. The average molecular weight is 445 g/mol. The van der Waals surface area contributed by atoms with Gasteiger partial charge in [0.25, 0.3) is 10.0 Å². The number of nitrogens with one attached hydrogen (secondary N) is 2. The Morgan fingerprint density at radius 3 is 2.10 bits per heavy atom. The highest BCUT2D eigenvalue weighted by Crippen LogP contribution is 2.29. The van der Waals surface area contributed by atoms with Crippen LogP contribution in [0.3, 0.4) is 0 Å². The molecule has 0 aliphatic rings. The van der Waals surface area contributed by atoms with Crippen LogP contribution in [0.25, 0.3) is 0 Å². The van der Waals surface area contributed by atoms with Gasteiger partial charge in [-0.2, -0.15) is 0 Å². The lowest BCUT2D eigenvalue weighted by atomic mass is 10.3. The summed E-state index contributed by atoms with van der Waals surface area (Å²) in [7, 11) is -3.50. The standard InChI is InChI=1S/C18H24N2O7S2/c1-13(12-25-2)19-28(21,22)16-8-5-14(6-9-16)20-29(23,24)18-11-15(26-3)7-10-17(18)27-4/h5-11,13,19-20H,12H2,1-4H3. The molecule has 0 heterocycles. The number of methoxy groups -OCH3 is 3. The van der Waals surface area contributed by atoms with Crippen molar-refractivity contribution in [3.05, 3.63) is 42.5 Å². The highest BCUT2D eigenvalue weighted by molar-refractivity contribution is 7.92. The summed E-state index contributed by atoms with van der Waals surface area (Å²) in [5.41, 5.74) is 0.193. The first-order chi connectivity index (χ1) is 13.6. The zero-order valence-electron chi connectivity index (χ0n) is 16.5. The second-order valence-electron chi connectivity index (χ2n) is 6.12. The summed E-state index contributed by atoms with van der Waals surface area (Å²) >= 11 is 0. The SMILES string of the molecule is COCC(C)NS(=O)(=O)c1ccc(NS(=O)(=O)c2cc(OC)ccc2OC)cc1. The molecule has 9 nitrogen and oxygen atoms in total. The Hall–Kier alpha value is -2.34. The average Bonchev–Trinajstić information content (AvgIpc) is 2.67. The van der Waals surface area contributed by atoms with Crippen molar-refractivity contribution in [2.45, 2.75) is 22.8 Å². The van der Waals surface area contributed by atoms with Gasteiger partial charge in [0.1, 0.15) is 16.4 Å². The summed E-state index contributed by atoms with van der Waals surface area (Å²) in [6.45, 7) is 1.89. The van der Waals surface area contributed by atoms with Gasteiger partial charge >= 0.3 is 0 Å². The number of rotatable bonds is 10. The topological polar surface area (TPSA) is 120 Å². The first-order valence-electron chi connectivity index (χ1n) is 8.49. The summed E-state index contributed by atoms with van der Waals surface area (Å²) in [4.78, 5) is -0.103. The highest BCUT2D eigenvalue weighted by atomic mass is 32.2. The molecule has 1 unspecified atom stereocenters. The van der Waals surface area contributed by atoms with Gasteiger partial charge in [-0.15, -0.1) is 0 Å². The molecule has 29 heavy (non-hydrogen) atoms. The van der Waals surface area contributed by atoms with Crippen molar-refractivity contribution in [3.8, 4) is 11.5 Å². The van der Waals surface area contributed by atoms with Gasteiger partial charge < -0.3 is 14.2 Å². The van der Waals surface area contributed by atoms with E-state index in [1.54, 1.807) is 13.0 Å². The van der Waals surface area contributed by atoms with Crippen LogP contribution in [0.2, 0.25) is 0 Å². The zero-order chi connectivity index (χ0) is 21.7. The minimum atomic E-state index is -4.00. The maximum atomic E-state index is 12.8. The quantitative estimate of drug-likeness (QED) is 0.573. The van der Waals surface area contributed by atoms with Crippen LogP contribution in [-0.2, 0) is 24.8 Å². The van der Waals surface area contributed by atoms with Gasteiger partial charge in [0, 0.05) is 24.9 Å². The Kier molecular flexibility index (Phi) is 7.47. The van der Waals surface area contributed by atoms with Crippen molar-refractivity contribution >= 4 is 25.7 Å². The summed E-state index contributed by atoms with van der Waals surface area (Å²) in [6.07, 6.45) is 0. The molecule has 1 atom stereocenters. The van der Waals surface area contributed by atoms with Crippen molar-refractivity contribution < 1.29 is 31.0 Å². The van der Waals surface area contributed by atoms with E-state index in [1.807, 2.05) is 0 Å². The second kappa shape index (κ2) is 9.44. The first kappa shape index (κ1) is 22.9. The molecule has 0 aliphatic heterocycles. The van der Waals surface area contributed by atoms with Gasteiger partial charge in [-0.25, -0.2) is 21.6 Å². The molecule has 2 aromatic carbocycles. The third kappa shape index (κ3) is 5.82. The van der Waals surface area contributed by atoms with Crippen LogP contribution in [0.1, 0.15) is 6.92 Å². The molecule has 0 aliphatic carbocycles. The Labute approximate surface area is 171 Å².